The van der Waals surface area contributed by atoms with Crippen LogP contribution in [0.2, 0.25) is 0 Å². The molecule has 0 aromatic heterocycles. The summed E-state index contributed by atoms with van der Waals surface area (Å²) < 4.78 is 5.35. The molecule has 1 N–H and O–H groups in total. The highest BCUT2D eigenvalue weighted by atomic mass is 16.5. The van der Waals surface area contributed by atoms with E-state index in [1.807, 2.05) is 18.2 Å². The summed E-state index contributed by atoms with van der Waals surface area (Å²) in [6.07, 6.45) is 1.90. The molecule has 5 heteroatoms. The SMILES string of the molecule is COc1ccc(NC(C)=O)cc1C(=O)N1CCCc2ccccc21. The monoisotopic (exact) mass is 324 g/mol. The summed E-state index contributed by atoms with van der Waals surface area (Å²) in [5.74, 6) is 0.199. The number of hydrogen-bond acceptors (Lipinski definition) is 3. The molecule has 0 radical (unpaired) electrons. The van der Waals surface area contributed by atoms with Crippen molar-refractivity contribution in [2.75, 3.05) is 23.9 Å². The van der Waals surface area contributed by atoms with E-state index in [0.29, 0.717) is 23.5 Å². The molecule has 5 nitrogen and oxygen atoms in total. The van der Waals surface area contributed by atoms with E-state index in [2.05, 4.69) is 11.4 Å². The quantitative estimate of drug-likeness (QED) is 0.943. The maximum atomic E-state index is 13.1. The first kappa shape index (κ1) is 16.1. The van der Waals surface area contributed by atoms with Gasteiger partial charge in [0.15, 0.2) is 0 Å². The van der Waals surface area contributed by atoms with Gasteiger partial charge in [-0.1, -0.05) is 18.2 Å². The molecule has 2 amide bonds. The Morgan fingerprint density at radius 3 is 2.71 bits per heavy atom. The molecule has 24 heavy (non-hydrogen) atoms. The van der Waals surface area contributed by atoms with Crippen LogP contribution in [0.1, 0.15) is 29.3 Å². The number of carbonyl (C=O) groups excluding carboxylic acids is 2. The molecule has 124 valence electrons. The van der Waals surface area contributed by atoms with Crippen LogP contribution in [0.15, 0.2) is 42.5 Å². The Morgan fingerprint density at radius 2 is 1.96 bits per heavy atom. The predicted octanol–water partition coefficient (Wildman–Crippen LogP) is 3.25. The highest BCUT2D eigenvalue weighted by Gasteiger charge is 2.25. The van der Waals surface area contributed by atoms with Crippen molar-refractivity contribution < 1.29 is 14.3 Å². The second-order valence-electron chi connectivity index (χ2n) is 5.79. The van der Waals surface area contributed by atoms with Gasteiger partial charge >= 0.3 is 0 Å². The number of rotatable bonds is 3. The molecular weight excluding hydrogens is 304 g/mol. The first-order valence-electron chi connectivity index (χ1n) is 7.95. The zero-order valence-corrected chi connectivity index (χ0v) is 13.8. The third kappa shape index (κ3) is 3.11. The van der Waals surface area contributed by atoms with Crippen molar-refractivity contribution in [3.05, 3.63) is 53.6 Å². The summed E-state index contributed by atoms with van der Waals surface area (Å²) in [6.45, 7) is 2.11. The van der Waals surface area contributed by atoms with Gasteiger partial charge in [-0.3, -0.25) is 9.59 Å². The standard InChI is InChI=1S/C19H20N2O3/c1-13(22)20-15-9-10-18(24-2)16(12-15)19(23)21-11-5-7-14-6-3-4-8-17(14)21/h3-4,6,8-10,12H,5,7,11H2,1-2H3,(H,20,22). The van der Waals surface area contributed by atoms with Crippen LogP contribution in [0.4, 0.5) is 11.4 Å². The lowest BCUT2D eigenvalue weighted by Crippen LogP contribution is -2.35. The Bertz CT molecular complexity index is 786. The van der Waals surface area contributed by atoms with Gasteiger partial charge in [-0.15, -0.1) is 0 Å². The topological polar surface area (TPSA) is 58.6 Å². The van der Waals surface area contributed by atoms with Gasteiger partial charge in [0.1, 0.15) is 5.75 Å². The maximum absolute atomic E-state index is 13.1. The fourth-order valence-corrected chi connectivity index (χ4v) is 3.05. The minimum Gasteiger partial charge on any atom is -0.496 e. The lowest BCUT2D eigenvalue weighted by molar-refractivity contribution is -0.114. The number of para-hydroxylation sites is 1. The third-order valence-electron chi connectivity index (χ3n) is 4.11. The number of nitrogens with one attached hydrogen (secondary N) is 1. The summed E-state index contributed by atoms with van der Waals surface area (Å²) >= 11 is 0. The number of ether oxygens (including phenoxy) is 1. The van der Waals surface area contributed by atoms with E-state index < -0.39 is 0 Å². The van der Waals surface area contributed by atoms with Crippen LogP contribution < -0.4 is 15.0 Å². The number of anilines is 2. The third-order valence-corrected chi connectivity index (χ3v) is 4.11. The van der Waals surface area contributed by atoms with E-state index in [1.54, 1.807) is 23.1 Å². The summed E-state index contributed by atoms with van der Waals surface area (Å²) in [7, 11) is 1.54. The Hall–Kier alpha value is -2.82. The molecule has 0 unspecified atom stereocenters. The van der Waals surface area contributed by atoms with Crippen LogP contribution in [0, 0.1) is 0 Å². The summed E-state index contributed by atoms with van der Waals surface area (Å²) in [5.41, 5.74) is 3.15. The summed E-state index contributed by atoms with van der Waals surface area (Å²) in [5, 5.41) is 2.71. The molecule has 0 saturated heterocycles. The van der Waals surface area contributed by atoms with E-state index in [-0.39, 0.29) is 11.8 Å². The van der Waals surface area contributed by atoms with Gasteiger partial charge in [0.2, 0.25) is 5.91 Å². The Kier molecular flexibility index (Phi) is 4.51. The van der Waals surface area contributed by atoms with Gasteiger partial charge in [0.25, 0.3) is 5.91 Å². The number of amides is 2. The second kappa shape index (κ2) is 6.74. The minimum absolute atomic E-state index is 0.119. The average molecular weight is 324 g/mol. The van der Waals surface area contributed by atoms with Crippen molar-refractivity contribution >= 4 is 23.2 Å². The zero-order valence-electron chi connectivity index (χ0n) is 13.8. The van der Waals surface area contributed by atoms with E-state index in [1.165, 1.54) is 19.6 Å². The first-order chi connectivity index (χ1) is 11.6. The number of carbonyl (C=O) groups is 2. The highest BCUT2D eigenvalue weighted by molar-refractivity contribution is 6.09. The average Bonchev–Trinajstić information content (AvgIpc) is 2.60. The number of aryl methyl sites for hydroxylation is 1. The molecule has 0 fully saturated rings. The fraction of sp³-hybridized carbons (Fsp3) is 0.263. The molecule has 0 bridgehead atoms. The molecule has 1 heterocycles. The number of nitrogens with zero attached hydrogens (tertiary/aromatic N) is 1. The van der Waals surface area contributed by atoms with Crippen LogP contribution in [-0.2, 0) is 11.2 Å². The van der Waals surface area contributed by atoms with E-state index in [0.717, 1.165) is 18.5 Å². The number of fused-ring (bicyclic) bond motifs is 1. The van der Waals surface area contributed by atoms with Crippen molar-refractivity contribution in [2.24, 2.45) is 0 Å². The van der Waals surface area contributed by atoms with Crippen LogP contribution in [0.25, 0.3) is 0 Å². The van der Waals surface area contributed by atoms with Gasteiger partial charge in [-0.25, -0.2) is 0 Å². The smallest absolute Gasteiger partial charge is 0.262 e. The van der Waals surface area contributed by atoms with Crippen molar-refractivity contribution in [2.45, 2.75) is 19.8 Å². The van der Waals surface area contributed by atoms with Crippen molar-refractivity contribution in [3.63, 3.8) is 0 Å². The Balaban J connectivity index is 1.99. The Morgan fingerprint density at radius 1 is 1.17 bits per heavy atom. The fourth-order valence-electron chi connectivity index (χ4n) is 3.05. The molecule has 0 atom stereocenters. The predicted molar refractivity (Wildman–Crippen MR) is 93.7 cm³/mol. The van der Waals surface area contributed by atoms with Crippen LogP contribution in [0.5, 0.6) is 5.75 Å². The molecule has 2 aromatic carbocycles. The molecule has 0 saturated carbocycles. The lowest BCUT2D eigenvalue weighted by atomic mass is 10.0. The molecule has 2 aromatic rings. The molecule has 0 aliphatic carbocycles. The molecule has 3 rings (SSSR count). The second-order valence-corrected chi connectivity index (χ2v) is 5.79. The molecular formula is C19H20N2O3. The van der Waals surface area contributed by atoms with Crippen LogP contribution >= 0.6 is 0 Å². The lowest BCUT2D eigenvalue weighted by Gasteiger charge is -2.30. The summed E-state index contributed by atoms with van der Waals surface area (Å²) in [6, 6.07) is 13.0. The van der Waals surface area contributed by atoms with Gasteiger partial charge in [0, 0.05) is 24.8 Å². The zero-order chi connectivity index (χ0) is 17.1. The molecule has 1 aliphatic rings. The summed E-state index contributed by atoms with van der Waals surface area (Å²) in [4.78, 5) is 26.2. The maximum Gasteiger partial charge on any atom is 0.262 e. The highest BCUT2D eigenvalue weighted by Crippen LogP contribution is 2.31. The van der Waals surface area contributed by atoms with Gasteiger partial charge in [-0.2, -0.15) is 0 Å². The van der Waals surface area contributed by atoms with Crippen molar-refractivity contribution in [3.8, 4) is 5.75 Å². The van der Waals surface area contributed by atoms with Crippen LogP contribution in [-0.4, -0.2) is 25.5 Å². The van der Waals surface area contributed by atoms with E-state index >= 15 is 0 Å². The van der Waals surface area contributed by atoms with Gasteiger partial charge in [-0.05, 0) is 42.7 Å². The van der Waals surface area contributed by atoms with Gasteiger partial charge < -0.3 is 15.0 Å². The van der Waals surface area contributed by atoms with E-state index in [4.69, 9.17) is 4.74 Å². The Labute approximate surface area is 141 Å². The first-order valence-corrected chi connectivity index (χ1v) is 7.95. The minimum atomic E-state index is -0.179. The number of methoxy groups -OCH3 is 1. The normalized spacial score (nSPS) is 13.2. The molecule has 0 spiro atoms. The van der Waals surface area contributed by atoms with Crippen molar-refractivity contribution in [1.82, 2.24) is 0 Å². The number of hydrogen-bond donors (Lipinski definition) is 1. The largest absolute Gasteiger partial charge is 0.496 e. The van der Waals surface area contributed by atoms with E-state index in [9.17, 15) is 9.59 Å². The van der Waals surface area contributed by atoms with Crippen molar-refractivity contribution in [1.29, 1.82) is 0 Å². The number of benzene rings is 2. The molecule has 1 aliphatic heterocycles. The van der Waals surface area contributed by atoms with Crippen LogP contribution in [0.3, 0.4) is 0 Å². The van der Waals surface area contributed by atoms with Gasteiger partial charge in [0.05, 0.1) is 12.7 Å².